The maximum atomic E-state index is 8.09. The highest BCUT2D eigenvalue weighted by Gasteiger charge is 2.23. The van der Waals surface area contributed by atoms with Gasteiger partial charge in [0.2, 0.25) is 0 Å². The predicted octanol–water partition coefficient (Wildman–Crippen LogP) is 1.19. The monoisotopic (exact) mass is 162 g/mol. The normalized spacial score (nSPS) is 35.6. The zero-order valence-electron chi connectivity index (χ0n) is 3.63. The van der Waals surface area contributed by atoms with E-state index >= 15 is 0 Å². The maximum absolute atomic E-state index is 8.09. The lowest BCUT2D eigenvalue weighted by atomic mass is 9.97. The molecule has 7 heavy (non-hydrogen) atoms. The summed E-state index contributed by atoms with van der Waals surface area (Å²) in [4.78, 5) is 0.234. The summed E-state index contributed by atoms with van der Waals surface area (Å²) in [6.07, 6.45) is 2.85. The largest absolute Gasteiger partial charge is 0.411 e. The van der Waals surface area contributed by atoms with Crippen LogP contribution in [0.3, 0.4) is 0 Å². The van der Waals surface area contributed by atoms with Crippen molar-refractivity contribution in [1.82, 2.24) is 0 Å². The second kappa shape index (κ2) is 1.82. The molecule has 39 valence electrons. The Kier molecular flexibility index (Phi) is 1.32. The highest BCUT2D eigenvalue weighted by molar-refractivity contribution is 9.10. The lowest BCUT2D eigenvalue weighted by Crippen LogP contribution is -2.26. The fourth-order valence-corrected chi connectivity index (χ4v) is 0.874. The van der Waals surface area contributed by atoms with Crippen LogP contribution in [0.5, 0.6) is 0 Å². The molecule has 1 saturated carbocycles. The van der Waals surface area contributed by atoms with Gasteiger partial charge in [0.15, 0.2) is 0 Å². The maximum Gasteiger partial charge on any atom is 0.0713 e. The van der Waals surface area contributed by atoms with Crippen molar-refractivity contribution in [1.29, 1.82) is 0 Å². The van der Waals surface area contributed by atoms with Crippen LogP contribution in [0.2, 0.25) is 0 Å². The molecule has 1 aliphatic rings. The van der Waals surface area contributed by atoms with Crippen LogP contribution < -0.4 is 0 Å². The lowest BCUT2D eigenvalue weighted by Gasteiger charge is -2.19. The minimum absolute atomic E-state index is 0.234. The summed E-state index contributed by atoms with van der Waals surface area (Å²) in [6.45, 7) is 0. The Bertz CT molecular complexity index is 102. The number of hydrogen-bond acceptors (Lipinski definition) is 2. The average molecular weight is 163 g/mol. The van der Waals surface area contributed by atoms with Crippen LogP contribution in [0.4, 0.5) is 0 Å². The first-order valence-corrected chi connectivity index (χ1v) is 2.94. The third-order valence-electron chi connectivity index (χ3n) is 0.981. The Balaban J connectivity index is 2.44. The van der Waals surface area contributed by atoms with Crippen LogP contribution >= 0.6 is 15.9 Å². The fourth-order valence-electron chi connectivity index (χ4n) is 0.408. The number of rotatable bonds is 0. The first-order chi connectivity index (χ1) is 3.34. The van der Waals surface area contributed by atoms with Crippen molar-refractivity contribution < 1.29 is 5.21 Å². The smallest absolute Gasteiger partial charge is 0.0713 e. The molecule has 0 saturated heterocycles. The Labute approximate surface area is 50.3 Å². The summed E-state index contributed by atoms with van der Waals surface area (Å²) in [5.74, 6) is 0. The second-order valence-corrected chi connectivity index (χ2v) is 2.42. The summed E-state index contributed by atoms with van der Waals surface area (Å²) in [5.41, 5.74) is 0.819. The van der Waals surface area contributed by atoms with Gasteiger partial charge in [0.25, 0.3) is 0 Å². The molecule has 0 aromatic rings. The van der Waals surface area contributed by atoms with E-state index in [0.717, 1.165) is 12.1 Å². The van der Waals surface area contributed by atoms with Gasteiger partial charge in [0.1, 0.15) is 0 Å². The van der Waals surface area contributed by atoms with Gasteiger partial charge in [0, 0.05) is 0 Å². The summed E-state index contributed by atoms with van der Waals surface area (Å²) < 4.78 is 0. The summed E-state index contributed by atoms with van der Waals surface area (Å²) in [7, 11) is 0. The van der Waals surface area contributed by atoms with Crippen LogP contribution in [0.1, 0.15) is 6.42 Å². The van der Waals surface area contributed by atoms with Crippen LogP contribution in [0.15, 0.2) is 5.16 Å². The van der Waals surface area contributed by atoms with Crippen LogP contribution in [-0.4, -0.2) is 15.7 Å². The predicted molar refractivity (Wildman–Crippen MR) is 30.9 cm³/mol. The number of halogens is 1. The lowest BCUT2D eigenvalue weighted by molar-refractivity contribution is 0.315. The molecule has 0 aliphatic heterocycles. The minimum atomic E-state index is 0.234. The molecule has 0 spiro atoms. The van der Waals surface area contributed by atoms with E-state index in [-0.39, 0.29) is 4.83 Å². The molecule has 0 aromatic carbocycles. The number of oxime groups is 1. The van der Waals surface area contributed by atoms with Crippen molar-refractivity contribution in [2.24, 2.45) is 5.16 Å². The molecule has 0 aromatic heterocycles. The third-order valence-corrected chi connectivity index (χ3v) is 1.88. The zero-order chi connectivity index (χ0) is 5.28. The Morgan fingerprint density at radius 2 is 2.71 bits per heavy atom. The molecule has 1 unspecified atom stereocenters. The van der Waals surface area contributed by atoms with Gasteiger partial charge in [0.05, 0.1) is 10.5 Å². The summed E-state index contributed by atoms with van der Waals surface area (Å²) >= 11 is 3.24. The van der Waals surface area contributed by atoms with E-state index in [2.05, 4.69) is 21.1 Å². The molecular weight excluding hydrogens is 158 g/mol. The Morgan fingerprint density at radius 1 is 2.00 bits per heavy atom. The standard InChI is InChI=1S/C4H5BrNO/c5-3-1-2-4(3)6-7/h1,3,7H,2H2. The molecule has 1 rings (SSSR count). The minimum Gasteiger partial charge on any atom is -0.411 e. The van der Waals surface area contributed by atoms with Crippen LogP contribution in [0.25, 0.3) is 0 Å². The molecule has 1 N–H and O–H groups in total. The SMILES string of the molecule is ON=C1C[CH]C1Br. The van der Waals surface area contributed by atoms with Crippen molar-refractivity contribution in [2.75, 3.05) is 0 Å². The topological polar surface area (TPSA) is 32.6 Å². The van der Waals surface area contributed by atoms with Gasteiger partial charge in [-0.2, -0.15) is 0 Å². The highest BCUT2D eigenvalue weighted by atomic mass is 79.9. The fraction of sp³-hybridized carbons (Fsp3) is 0.500. The van der Waals surface area contributed by atoms with Crippen molar-refractivity contribution >= 4 is 21.6 Å². The molecule has 1 fully saturated rings. The number of hydrogen-bond donors (Lipinski definition) is 1. The zero-order valence-corrected chi connectivity index (χ0v) is 5.22. The highest BCUT2D eigenvalue weighted by Crippen LogP contribution is 2.21. The van der Waals surface area contributed by atoms with E-state index in [1.54, 1.807) is 0 Å². The molecule has 1 aliphatic carbocycles. The van der Waals surface area contributed by atoms with Crippen molar-refractivity contribution in [3.8, 4) is 0 Å². The van der Waals surface area contributed by atoms with Crippen molar-refractivity contribution in [3.05, 3.63) is 6.42 Å². The summed E-state index contributed by atoms with van der Waals surface area (Å²) in [5, 5.41) is 11.1. The van der Waals surface area contributed by atoms with Gasteiger partial charge < -0.3 is 5.21 Å². The van der Waals surface area contributed by atoms with Crippen molar-refractivity contribution in [3.63, 3.8) is 0 Å². The van der Waals surface area contributed by atoms with Gasteiger partial charge >= 0.3 is 0 Å². The van der Waals surface area contributed by atoms with Gasteiger partial charge in [-0.05, 0) is 12.8 Å². The molecule has 0 heterocycles. The average Bonchev–Trinajstić information content (AvgIpc) is 1.65. The van der Waals surface area contributed by atoms with E-state index in [9.17, 15) is 0 Å². The Morgan fingerprint density at radius 3 is 2.71 bits per heavy atom. The van der Waals surface area contributed by atoms with E-state index in [1.165, 1.54) is 0 Å². The van der Waals surface area contributed by atoms with Gasteiger partial charge in [-0.25, -0.2) is 0 Å². The number of nitrogens with zero attached hydrogens (tertiary/aromatic N) is 1. The van der Waals surface area contributed by atoms with E-state index in [1.807, 2.05) is 6.42 Å². The molecular formula is C4H5BrNO. The first-order valence-electron chi connectivity index (χ1n) is 2.03. The first kappa shape index (κ1) is 5.09. The van der Waals surface area contributed by atoms with Gasteiger partial charge in [-0.1, -0.05) is 21.1 Å². The van der Waals surface area contributed by atoms with Crippen LogP contribution in [0, 0.1) is 6.42 Å². The molecule has 1 radical (unpaired) electrons. The molecule has 0 amide bonds. The van der Waals surface area contributed by atoms with E-state index in [4.69, 9.17) is 5.21 Å². The van der Waals surface area contributed by atoms with Gasteiger partial charge in [-0.15, -0.1) is 0 Å². The quantitative estimate of drug-likeness (QED) is 0.324. The van der Waals surface area contributed by atoms with Crippen molar-refractivity contribution in [2.45, 2.75) is 11.2 Å². The number of alkyl halides is 1. The molecule has 3 heteroatoms. The molecule has 0 bridgehead atoms. The second-order valence-electron chi connectivity index (χ2n) is 1.43. The summed E-state index contributed by atoms with van der Waals surface area (Å²) in [6, 6.07) is 0. The van der Waals surface area contributed by atoms with Crippen LogP contribution in [-0.2, 0) is 0 Å². The molecule has 2 nitrogen and oxygen atoms in total. The van der Waals surface area contributed by atoms with E-state index < -0.39 is 0 Å². The third kappa shape index (κ3) is 0.774. The van der Waals surface area contributed by atoms with Gasteiger partial charge in [-0.3, -0.25) is 0 Å². The molecule has 1 atom stereocenters. The Hall–Kier alpha value is -0.0500. The van der Waals surface area contributed by atoms with E-state index in [0.29, 0.717) is 0 Å².